The molecule has 0 bridgehead atoms. The normalized spacial score (nSPS) is 11.2. The van der Waals surface area contributed by atoms with E-state index in [0.717, 1.165) is 18.9 Å². The van der Waals surface area contributed by atoms with Crippen molar-refractivity contribution in [2.75, 3.05) is 19.8 Å². The molecule has 0 unspecified atom stereocenters. The number of hydrogen-bond acceptors (Lipinski definition) is 4. The van der Waals surface area contributed by atoms with Crippen LogP contribution in [0.15, 0.2) is 12.7 Å². The summed E-state index contributed by atoms with van der Waals surface area (Å²) >= 11 is 0. The van der Waals surface area contributed by atoms with Crippen LogP contribution in [0, 0.1) is 0 Å². The first-order valence-electron chi connectivity index (χ1n) is 6.27. The van der Waals surface area contributed by atoms with E-state index in [1.54, 1.807) is 0 Å². The summed E-state index contributed by atoms with van der Waals surface area (Å²) in [4.78, 5) is 10.8. The van der Waals surface area contributed by atoms with Gasteiger partial charge in [0.05, 0.1) is 16.1 Å². The molecule has 0 aromatic heterocycles. The second-order valence-corrected chi connectivity index (χ2v) is 5.51. The quantitative estimate of drug-likeness (QED) is 0.185. The number of hydrogen-bond donors (Lipinski definition) is 0. The molecule has 0 fully saturated rings. The van der Waals surface area contributed by atoms with E-state index in [1.165, 1.54) is 6.08 Å². The molecule has 0 saturated carbocycles. The number of carbonyl (C=O) groups excluding carboxylic acids is 1. The Morgan fingerprint density at radius 1 is 1.29 bits per heavy atom. The first kappa shape index (κ1) is 16.3. The van der Waals surface area contributed by atoms with Gasteiger partial charge in [0.2, 0.25) is 0 Å². The summed E-state index contributed by atoms with van der Waals surface area (Å²) < 4.78 is 15.9. The van der Waals surface area contributed by atoms with E-state index in [4.69, 9.17) is 14.2 Å². The van der Waals surface area contributed by atoms with Gasteiger partial charge in [-0.05, 0) is 20.3 Å². The molecule has 100 valence electrons. The van der Waals surface area contributed by atoms with Crippen molar-refractivity contribution >= 4 is 15.5 Å². The zero-order chi connectivity index (χ0) is 12.9. The molecule has 0 heterocycles. The molecule has 0 spiro atoms. The molecule has 0 aromatic rings. The molecule has 0 aliphatic carbocycles. The SMILES string of the molecule is C=CC(=O)OCCCC[SiH2]C(OCC)OCC. The van der Waals surface area contributed by atoms with Gasteiger partial charge in [-0.15, -0.1) is 0 Å². The predicted molar refractivity (Wildman–Crippen MR) is 70.8 cm³/mol. The van der Waals surface area contributed by atoms with Crippen LogP contribution in [0.25, 0.3) is 0 Å². The van der Waals surface area contributed by atoms with E-state index in [1.807, 2.05) is 13.8 Å². The van der Waals surface area contributed by atoms with E-state index >= 15 is 0 Å². The lowest BCUT2D eigenvalue weighted by Gasteiger charge is -2.16. The van der Waals surface area contributed by atoms with Gasteiger partial charge in [-0.2, -0.15) is 0 Å². The van der Waals surface area contributed by atoms with Crippen molar-refractivity contribution in [2.45, 2.75) is 38.6 Å². The summed E-state index contributed by atoms with van der Waals surface area (Å²) in [6.45, 7) is 9.19. The van der Waals surface area contributed by atoms with E-state index in [9.17, 15) is 4.79 Å². The van der Waals surface area contributed by atoms with Crippen LogP contribution in [-0.4, -0.2) is 41.2 Å². The van der Waals surface area contributed by atoms with Crippen molar-refractivity contribution in [2.24, 2.45) is 0 Å². The molecule has 0 amide bonds. The molecule has 0 aromatic carbocycles. The maximum atomic E-state index is 10.8. The minimum Gasteiger partial charge on any atom is -0.463 e. The number of rotatable bonds is 11. The summed E-state index contributed by atoms with van der Waals surface area (Å²) in [6, 6.07) is 1.15. The Bertz CT molecular complexity index is 203. The number of unbranched alkanes of at least 4 members (excludes halogenated alkanes) is 1. The Kier molecular flexibility index (Phi) is 11.4. The van der Waals surface area contributed by atoms with Gasteiger partial charge in [0.25, 0.3) is 0 Å². The van der Waals surface area contributed by atoms with Crippen LogP contribution in [-0.2, 0) is 19.0 Å². The monoisotopic (exact) mass is 260 g/mol. The molecule has 17 heavy (non-hydrogen) atoms. The minimum atomic E-state index is -0.354. The highest BCUT2D eigenvalue weighted by molar-refractivity contribution is 6.36. The first-order chi connectivity index (χ1) is 8.24. The summed E-state index contributed by atoms with van der Waals surface area (Å²) in [5.74, 6) is -0.301. The van der Waals surface area contributed by atoms with E-state index in [0.29, 0.717) is 19.8 Å². The van der Waals surface area contributed by atoms with Gasteiger partial charge in [-0.25, -0.2) is 4.79 Å². The largest absolute Gasteiger partial charge is 0.463 e. The average molecular weight is 260 g/mol. The Labute approximate surface area is 106 Å². The van der Waals surface area contributed by atoms with Crippen LogP contribution in [0.2, 0.25) is 6.04 Å². The van der Waals surface area contributed by atoms with Crippen LogP contribution in [0.1, 0.15) is 26.7 Å². The highest BCUT2D eigenvalue weighted by Crippen LogP contribution is 2.02. The lowest BCUT2D eigenvalue weighted by Crippen LogP contribution is -2.24. The molecule has 0 aliphatic heterocycles. The highest BCUT2D eigenvalue weighted by Gasteiger charge is 2.07. The van der Waals surface area contributed by atoms with Gasteiger partial charge in [0.1, 0.15) is 5.91 Å². The smallest absolute Gasteiger partial charge is 0.330 e. The first-order valence-corrected chi connectivity index (χ1v) is 8.08. The summed E-state index contributed by atoms with van der Waals surface area (Å²) in [7, 11) is -0.354. The highest BCUT2D eigenvalue weighted by atomic mass is 28.2. The van der Waals surface area contributed by atoms with Crippen LogP contribution >= 0.6 is 0 Å². The third kappa shape index (κ3) is 10.2. The van der Waals surface area contributed by atoms with Gasteiger partial charge in [0, 0.05) is 19.3 Å². The predicted octanol–water partition coefficient (Wildman–Crippen LogP) is 1.44. The van der Waals surface area contributed by atoms with Crippen LogP contribution < -0.4 is 0 Å². The lowest BCUT2D eigenvalue weighted by atomic mass is 10.4. The van der Waals surface area contributed by atoms with Crippen molar-refractivity contribution < 1.29 is 19.0 Å². The summed E-state index contributed by atoms with van der Waals surface area (Å²) in [6.07, 6.45) is 3.15. The Morgan fingerprint density at radius 2 is 1.94 bits per heavy atom. The maximum absolute atomic E-state index is 10.8. The van der Waals surface area contributed by atoms with Gasteiger partial charge < -0.3 is 14.2 Å². The van der Waals surface area contributed by atoms with Crippen LogP contribution in [0.3, 0.4) is 0 Å². The Balaban J connectivity index is 3.41. The van der Waals surface area contributed by atoms with Crippen LogP contribution in [0.5, 0.6) is 0 Å². The van der Waals surface area contributed by atoms with Crippen molar-refractivity contribution in [3.05, 3.63) is 12.7 Å². The zero-order valence-corrected chi connectivity index (χ0v) is 12.4. The standard InChI is InChI=1S/C12H24O4Si/c1-4-11(13)16-9-7-8-10-17-12(14-5-2)15-6-3/h4,12H,1,5-10,17H2,2-3H3. The number of esters is 1. The molecule has 0 atom stereocenters. The van der Waals surface area contributed by atoms with Crippen LogP contribution in [0.4, 0.5) is 0 Å². The molecular weight excluding hydrogens is 236 g/mol. The summed E-state index contributed by atoms with van der Waals surface area (Å²) in [5.41, 5.74) is 0. The number of ether oxygens (including phenoxy) is 3. The summed E-state index contributed by atoms with van der Waals surface area (Å²) in [5, 5.41) is 0. The van der Waals surface area contributed by atoms with E-state index in [-0.39, 0.29) is 21.4 Å². The van der Waals surface area contributed by atoms with Crippen molar-refractivity contribution in [1.29, 1.82) is 0 Å². The lowest BCUT2D eigenvalue weighted by molar-refractivity contribution is -0.137. The third-order valence-corrected chi connectivity index (χ3v) is 4.05. The van der Waals surface area contributed by atoms with Gasteiger partial charge in [0.15, 0.2) is 0 Å². The molecule has 4 nitrogen and oxygen atoms in total. The molecular formula is C12H24O4Si. The fraction of sp³-hybridized carbons (Fsp3) is 0.750. The third-order valence-electron chi connectivity index (χ3n) is 2.20. The topological polar surface area (TPSA) is 44.8 Å². The van der Waals surface area contributed by atoms with Gasteiger partial charge >= 0.3 is 5.97 Å². The van der Waals surface area contributed by atoms with Gasteiger partial charge in [-0.1, -0.05) is 19.0 Å². The molecule has 0 radical (unpaired) electrons. The van der Waals surface area contributed by atoms with E-state index < -0.39 is 0 Å². The number of carbonyl (C=O) groups is 1. The zero-order valence-electron chi connectivity index (χ0n) is 10.9. The van der Waals surface area contributed by atoms with E-state index in [2.05, 4.69) is 6.58 Å². The second kappa shape index (κ2) is 11.8. The van der Waals surface area contributed by atoms with Crippen molar-refractivity contribution in [3.63, 3.8) is 0 Å². The fourth-order valence-corrected chi connectivity index (χ4v) is 3.19. The van der Waals surface area contributed by atoms with Gasteiger partial charge in [-0.3, -0.25) is 0 Å². The average Bonchev–Trinajstić information content (AvgIpc) is 2.33. The Hall–Kier alpha value is -0.653. The van der Waals surface area contributed by atoms with Crippen molar-refractivity contribution in [1.82, 2.24) is 0 Å². The Morgan fingerprint density at radius 3 is 2.47 bits per heavy atom. The minimum absolute atomic E-state index is 0.0423. The maximum Gasteiger partial charge on any atom is 0.330 e. The fourth-order valence-electron chi connectivity index (χ4n) is 1.41. The molecule has 0 saturated heterocycles. The van der Waals surface area contributed by atoms with Crippen molar-refractivity contribution in [3.8, 4) is 0 Å². The molecule has 5 heteroatoms. The molecule has 0 rings (SSSR count). The molecule has 0 aliphatic rings. The molecule has 0 N–H and O–H groups in total. The second-order valence-electron chi connectivity index (χ2n) is 3.56.